The molecule has 7 heteroatoms. The molecule has 1 aromatic heterocycles. The molecule has 0 saturated carbocycles. The second-order valence-corrected chi connectivity index (χ2v) is 7.16. The molecule has 0 unspecified atom stereocenters. The summed E-state index contributed by atoms with van der Waals surface area (Å²) in [6, 6.07) is 9.10. The van der Waals surface area contributed by atoms with Crippen LogP contribution in [0.3, 0.4) is 0 Å². The molecule has 1 N–H and O–H groups in total. The van der Waals surface area contributed by atoms with Crippen LogP contribution in [0.1, 0.15) is 24.7 Å². The van der Waals surface area contributed by atoms with Gasteiger partial charge in [-0.15, -0.1) is 0 Å². The fourth-order valence-corrected chi connectivity index (χ4v) is 3.60. The first-order valence-corrected chi connectivity index (χ1v) is 10.1. The molecule has 0 atom stereocenters. The Kier molecular flexibility index (Phi) is 6.90. The van der Waals surface area contributed by atoms with Crippen molar-refractivity contribution in [2.75, 3.05) is 44.2 Å². The molecule has 28 heavy (non-hydrogen) atoms. The summed E-state index contributed by atoms with van der Waals surface area (Å²) in [5.41, 5.74) is 2.94. The highest BCUT2D eigenvalue weighted by Crippen LogP contribution is 2.20. The second-order valence-electron chi connectivity index (χ2n) is 7.16. The Morgan fingerprint density at radius 3 is 2.57 bits per heavy atom. The van der Waals surface area contributed by atoms with Gasteiger partial charge in [-0.1, -0.05) is 12.1 Å². The van der Waals surface area contributed by atoms with Gasteiger partial charge < -0.3 is 15.1 Å². The van der Waals surface area contributed by atoms with Crippen LogP contribution in [0.25, 0.3) is 0 Å². The van der Waals surface area contributed by atoms with Gasteiger partial charge in [0.1, 0.15) is 5.82 Å². The first-order valence-electron chi connectivity index (χ1n) is 10.1. The Balaban J connectivity index is 1.53. The molecular weight excluding hydrogens is 355 g/mol. The number of rotatable bonds is 6. The molecule has 0 aliphatic carbocycles. The van der Waals surface area contributed by atoms with E-state index in [1.54, 1.807) is 6.07 Å². The van der Waals surface area contributed by atoms with Crippen molar-refractivity contribution in [1.29, 1.82) is 0 Å². The molecule has 1 fully saturated rings. The van der Waals surface area contributed by atoms with E-state index in [0.29, 0.717) is 5.69 Å². The number of para-hydroxylation sites is 1. The van der Waals surface area contributed by atoms with Gasteiger partial charge in [0.25, 0.3) is 0 Å². The van der Waals surface area contributed by atoms with Crippen LogP contribution in [0.4, 0.5) is 10.1 Å². The van der Waals surface area contributed by atoms with Crippen molar-refractivity contribution in [3.63, 3.8) is 0 Å². The van der Waals surface area contributed by atoms with Gasteiger partial charge in [-0.25, -0.2) is 4.39 Å². The van der Waals surface area contributed by atoms with Crippen LogP contribution in [0.15, 0.2) is 35.3 Å². The zero-order chi connectivity index (χ0) is 19.9. The molecule has 0 amide bonds. The molecule has 2 aromatic rings. The number of halogens is 1. The molecule has 3 rings (SSSR count). The lowest BCUT2D eigenvalue weighted by Crippen LogP contribution is -2.52. The number of aryl methyl sites for hydroxylation is 3. The summed E-state index contributed by atoms with van der Waals surface area (Å²) in [4.78, 5) is 9.18. The fraction of sp³-hybridized carbons (Fsp3) is 0.524. The summed E-state index contributed by atoms with van der Waals surface area (Å²) >= 11 is 0. The van der Waals surface area contributed by atoms with Gasteiger partial charge in [0.2, 0.25) is 0 Å². The molecule has 0 spiro atoms. The highest BCUT2D eigenvalue weighted by molar-refractivity contribution is 5.80. The molecule has 6 nitrogen and oxygen atoms in total. The number of benzene rings is 1. The van der Waals surface area contributed by atoms with E-state index in [4.69, 9.17) is 4.99 Å². The fourth-order valence-electron chi connectivity index (χ4n) is 3.60. The van der Waals surface area contributed by atoms with Gasteiger partial charge in [0.05, 0.1) is 11.4 Å². The summed E-state index contributed by atoms with van der Waals surface area (Å²) < 4.78 is 16.1. The van der Waals surface area contributed by atoms with Crippen molar-refractivity contribution < 1.29 is 4.39 Å². The van der Waals surface area contributed by atoms with Crippen molar-refractivity contribution in [2.24, 2.45) is 4.99 Å². The van der Waals surface area contributed by atoms with E-state index in [1.165, 1.54) is 11.8 Å². The molecule has 1 aromatic carbocycles. The van der Waals surface area contributed by atoms with E-state index in [2.05, 4.69) is 40.1 Å². The third-order valence-corrected chi connectivity index (χ3v) is 5.00. The lowest BCUT2D eigenvalue weighted by Gasteiger charge is -2.37. The number of nitrogens with one attached hydrogen (secondary N) is 1. The summed E-state index contributed by atoms with van der Waals surface area (Å²) in [6.45, 7) is 11.9. The molecule has 1 aliphatic rings. The Labute approximate surface area is 167 Å². The highest BCUT2D eigenvalue weighted by Gasteiger charge is 2.21. The smallest absolute Gasteiger partial charge is 0.194 e. The van der Waals surface area contributed by atoms with E-state index in [-0.39, 0.29) is 5.82 Å². The maximum absolute atomic E-state index is 14.0. The van der Waals surface area contributed by atoms with Crippen molar-refractivity contribution in [3.8, 4) is 0 Å². The van der Waals surface area contributed by atoms with Gasteiger partial charge in [-0.05, 0) is 45.4 Å². The molecule has 1 aliphatic heterocycles. The van der Waals surface area contributed by atoms with Crippen LogP contribution >= 0.6 is 0 Å². The number of guanidine groups is 1. The highest BCUT2D eigenvalue weighted by atomic mass is 19.1. The Hall–Kier alpha value is -2.57. The number of anilines is 1. The molecule has 2 heterocycles. The zero-order valence-electron chi connectivity index (χ0n) is 17.2. The largest absolute Gasteiger partial charge is 0.366 e. The van der Waals surface area contributed by atoms with E-state index < -0.39 is 0 Å². The van der Waals surface area contributed by atoms with Crippen LogP contribution in [-0.4, -0.2) is 59.9 Å². The number of hydrogen-bond acceptors (Lipinski definition) is 3. The van der Waals surface area contributed by atoms with Crippen molar-refractivity contribution in [2.45, 2.75) is 33.7 Å². The predicted octanol–water partition coefficient (Wildman–Crippen LogP) is 2.82. The van der Waals surface area contributed by atoms with Crippen molar-refractivity contribution in [3.05, 3.63) is 47.5 Å². The number of aliphatic imine (C=N–C) groups is 1. The molecule has 0 radical (unpaired) electrons. The van der Waals surface area contributed by atoms with Gasteiger partial charge in [0.15, 0.2) is 5.96 Å². The monoisotopic (exact) mass is 386 g/mol. The van der Waals surface area contributed by atoms with Crippen LogP contribution in [-0.2, 0) is 6.54 Å². The Morgan fingerprint density at radius 2 is 1.93 bits per heavy atom. The quantitative estimate of drug-likeness (QED) is 0.471. The predicted molar refractivity (Wildman–Crippen MR) is 112 cm³/mol. The van der Waals surface area contributed by atoms with Gasteiger partial charge in [-0.3, -0.25) is 9.67 Å². The second kappa shape index (κ2) is 9.57. The van der Waals surface area contributed by atoms with E-state index >= 15 is 0 Å². The first kappa shape index (κ1) is 20.2. The van der Waals surface area contributed by atoms with Gasteiger partial charge >= 0.3 is 0 Å². The summed E-state index contributed by atoms with van der Waals surface area (Å²) in [5, 5.41) is 7.90. The molecule has 1 saturated heterocycles. The van der Waals surface area contributed by atoms with E-state index in [1.807, 2.05) is 23.7 Å². The lowest BCUT2D eigenvalue weighted by molar-refractivity contribution is 0.370. The molecule has 0 bridgehead atoms. The Morgan fingerprint density at radius 1 is 1.18 bits per heavy atom. The number of piperazine rings is 1. The third kappa shape index (κ3) is 5.03. The van der Waals surface area contributed by atoms with E-state index in [0.717, 1.165) is 63.9 Å². The Bertz CT molecular complexity index is 792. The number of aromatic nitrogens is 2. The minimum Gasteiger partial charge on any atom is -0.366 e. The van der Waals surface area contributed by atoms with Crippen LogP contribution in [0.2, 0.25) is 0 Å². The van der Waals surface area contributed by atoms with Crippen LogP contribution < -0.4 is 10.2 Å². The van der Waals surface area contributed by atoms with Crippen molar-refractivity contribution in [1.82, 2.24) is 20.0 Å². The standard InChI is InChI=1S/C21H31FN6/c1-4-23-21(24-10-7-11-28-18(3)16-17(2)25-28)27-14-12-26(13-15-27)20-9-6-5-8-19(20)22/h5-6,8-9,16H,4,7,10-15H2,1-3H3,(H,23,24). The van der Waals surface area contributed by atoms with Crippen LogP contribution in [0.5, 0.6) is 0 Å². The zero-order valence-corrected chi connectivity index (χ0v) is 17.2. The SMILES string of the molecule is CCNC(=NCCCn1nc(C)cc1C)N1CCN(c2ccccc2F)CC1. The van der Waals surface area contributed by atoms with Crippen LogP contribution in [0, 0.1) is 19.7 Å². The van der Waals surface area contributed by atoms with Gasteiger partial charge in [-0.2, -0.15) is 5.10 Å². The van der Waals surface area contributed by atoms with Gasteiger partial charge in [0, 0.05) is 51.5 Å². The number of nitrogens with zero attached hydrogens (tertiary/aromatic N) is 5. The average Bonchev–Trinajstić information content (AvgIpc) is 3.02. The third-order valence-electron chi connectivity index (χ3n) is 5.00. The lowest BCUT2D eigenvalue weighted by atomic mass is 10.2. The molecular formula is C21H31FN6. The minimum atomic E-state index is -0.152. The minimum absolute atomic E-state index is 0.152. The topological polar surface area (TPSA) is 48.7 Å². The maximum atomic E-state index is 14.0. The first-order chi connectivity index (χ1) is 13.6. The number of hydrogen-bond donors (Lipinski definition) is 1. The maximum Gasteiger partial charge on any atom is 0.194 e. The molecule has 152 valence electrons. The summed E-state index contributed by atoms with van der Waals surface area (Å²) in [6.07, 6.45) is 0.950. The van der Waals surface area contributed by atoms with Crippen molar-refractivity contribution >= 4 is 11.6 Å². The normalized spacial score (nSPS) is 15.2. The van der Waals surface area contributed by atoms with E-state index in [9.17, 15) is 4.39 Å². The average molecular weight is 387 g/mol. The summed E-state index contributed by atoms with van der Waals surface area (Å²) in [7, 11) is 0. The summed E-state index contributed by atoms with van der Waals surface area (Å²) in [5.74, 6) is 0.796.